The molecule has 2 nitrogen and oxygen atoms in total. The van der Waals surface area contributed by atoms with Crippen molar-refractivity contribution in [1.29, 1.82) is 0 Å². The third-order valence-corrected chi connectivity index (χ3v) is 2.51. The van der Waals surface area contributed by atoms with E-state index in [-0.39, 0.29) is 5.75 Å². The molecule has 0 unspecified atom stereocenters. The zero-order chi connectivity index (χ0) is 12.1. The third-order valence-electron chi connectivity index (χ3n) is 2.51. The van der Waals surface area contributed by atoms with Crippen molar-refractivity contribution in [2.75, 3.05) is 0 Å². The fraction of sp³-hybridized carbons (Fsp3) is 0. The molecule has 0 fully saturated rings. The highest BCUT2D eigenvalue weighted by atomic mass is 16.3. The van der Waals surface area contributed by atoms with E-state index in [4.69, 9.17) is 0 Å². The molecule has 0 aliphatic heterocycles. The van der Waals surface area contributed by atoms with Crippen molar-refractivity contribution in [3.05, 3.63) is 60.2 Å². The summed E-state index contributed by atoms with van der Waals surface area (Å²) in [6, 6.07) is 14.8. The summed E-state index contributed by atoms with van der Waals surface area (Å²) in [5, 5.41) is 9.82. The first-order valence-corrected chi connectivity index (χ1v) is 5.32. The molecule has 0 aromatic heterocycles. The quantitative estimate of drug-likeness (QED) is 0.641. The zero-order valence-electron chi connectivity index (χ0n) is 9.21. The molecular formula is C15H12O2. The van der Waals surface area contributed by atoms with Crippen molar-refractivity contribution in [2.45, 2.75) is 0 Å². The number of rotatable bonds is 3. The zero-order valence-corrected chi connectivity index (χ0v) is 9.21. The second kappa shape index (κ2) is 5.12. The average molecular weight is 224 g/mol. The summed E-state index contributed by atoms with van der Waals surface area (Å²) in [5.41, 5.74) is 2.57. The van der Waals surface area contributed by atoms with E-state index in [0.717, 1.165) is 23.0 Å². The number of hydrogen-bond donors (Lipinski definition) is 1. The molecule has 0 aliphatic carbocycles. The standard InChI is InChI=1S/C15H12O2/c16-11-5-7-12-6-1-2-8-13(12)14-9-3-4-10-15(14)17/h1-11,17H. The summed E-state index contributed by atoms with van der Waals surface area (Å²) in [6.45, 7) is 0. The first-order valence-electron chi connectivity index (χ1n) is 5.32. The number of carbonyl (C=O) groups excluding carboxylic acids is 1. The molecule has 84 valence electrons. The van der Waals surface area contributed by atoms with Crippen LogP contribution < -0.4 is 0 Å². The van der Waals surface area contributed by atoms with Gasteiger partial charge in [-0.3, -0.25) is 4.79 Å². The number of aromatic hydroxyl groups is 1. The van der Waals surface area contributed by atoms with Crippen LogP contribution in [0.1, 0.15) is 5.56 Å². The maximum atomic E-state index is 10.4. The van der Waals surface area contributed by atoms with Gasteiger partial charge in [-0.1, -0.05) is 48.5 Å². The van der Waals surface area contributed by atoms with Crippen LogP contribution in [-0.4, -0.2) is 11.4 Å². The molecule has 0 bridgehead atoms. The van der Waals surface area contributed by atoms with Crippen LogP contribution in [0.15, 0.2) is 54.6 Å². The van der Waals surface area contributed by atoms with Crippen molar-refractivity contribution in [3.8, 4) is 16.9 Å². The molecule has 0 saturated carbocycles. The molecule has 0 radical (unpaired) electrons. The molecule has 1 N–H and O–H groups in total. The van der Waals surface area contributed by atoms with E-state index in [1.807, 2.05) is 36.4 Å². The van der Waals surface area contributed by atoms with Crippen LogP contribution >= 0.6 is 0 Å². The van der Waals surface area contributed by atoms with Gasteiger partial charge in [-0.15, -0.1) is 0 Å². The number of para-hydroxylation sites is 1. The lowest BCUT2D eigenvalue weighted by molar-refractivity contribution is -0.104. The maximum absolute atomic E-state index is 10.4. The van der Waals surface area contributed by atoms with E-state index in [1.54, 1.807) is 18.2 Å². The Bertz CT molecular complexity index is 556. The lowest BCUT2D eigenvalue weighted by Crippen LogP contribution is -1.83. The second-order valence-corrected chi connectivity index (χ2v) is 3.60. The largest absolute Gasteiger partial charge is 0.507 e. The normalized spacial score (nSPS) is 10.6. The van der Waals surface area contributed by atoms with Gasteiger partial charge >= 0.3 is 0 Å². The van der Waals surface area contributed by atoms with E-state index < -0.39 is 0 Å². The monoisotopic (exact) mass is 224 g/mol. The Hall–Kier alpha value is -2.35. The highest BCUT2D eigenvalue weighted by molar-refractivity contribution is 5.82. The molecule has 0 heterocycles. The van der Waals surface area contributed by atoms with E-state index in [9.17, 15) is 9.90 Å². The molecule has 0 aliphatic rings. The van der Waals surface area contributed by atoms with Crippen molar-refractivity contribution in [1.82, 2.24) is 0 Å². The lowest BCUT2D eigenvalue weighted by atomic mass is 9.99. The van der Waals surface area contributed by atoms with Gasteiger partial charge in [0.2, 0.25) is 0 Å². The minimum absolute atomic E-state index is 0.236. The number of allylic oxidation sites excluding steroid dienone is 1. The minimum atomic E-state index is 0.236. The first-order chi connectivity index (χ1) is 8.33. The Balaban J connectivity index is 2.56. The van der Waals surface area contributed by atoms with Crippen LogP contribution in [0.4, 0.5) is 0 Å². The van der Waals surface area contributed by atoms with Crippen LogP contribution in [0.5, 0.6) is 5.75 Å². The predicted molar refractivity (Wildman–Crippen MR) is 68.6 cm³/mol. The molecule has 0 amide bonds. The lowest BCUT2D eigenvalue weighted by Gasteiger charge is -2.07. The molecule has 0 spiro atoms. The van der Waals surface area contributed by atoms with E-state index in [1.165, 1.54) is 6.08 Å². The molecule has 0 atom stereocenters. The van der Waals surface area contributed by atoms with Crippen LogP contribution in [0.25, 0.3) is 17.2 Å². The Morgan fingerprint density at radius 1 is 0.882 bits per heavy atom. The van der Waals surface area contributed by atoms with Gasteiger partial charge in [-0.25, -0.2) is 0 Å². The van der Waals surface area contributed by atoms with Gasteiger partial charge in [0.05, 0.1) is 0 Å². The molecule has 2 aromatic rings. The Kier molecular flexibility index (Phi) is 3.36. The topological polar surface area (TPSA) is 37.3 Å². The Morgan fingerprint density at radius 3 is 2.24 bits per heavy atom. The SMILES string of the molecule is O=CC=Cc1ccccc1-c1ccccc1O. The summed E-state index contributed by atoms with van der Waals surface area (Å²) in [7, 11) is 0. The summed E-state index contributed by atoms with van der Waals surface area (Å²) >= 11 is 0. The fourth-order valence-electron chi connectivity index (χ4n) is 1.73. The molecular weight excluding hydrogens is 212 g/mol. The molecule has 2 aromatic carbocycles. The predicted octanol–water partition coefficient (Wildman–Crippen LogP) is 3.27. The molecule has 2 rings (SSSR count). The molecule has 17 heavy (non-hydrogen) atoms. The average Bonchev–Trinajstić information content (AvgIpc) is 2.37. The van der Waals surface area contributed by atoms with Crippen molar-refractivity contribution < 1.29 is 9.90 Å². The van der Waals surface area contributed by atoms with Crippen LogP contribution in [-0.2, 0) is 4.79 Å². The van der Waals surface area contributed by atoms with Crippen molar-refractivity contribution >= 4 is 12.4 Å². The van der Waals surface area contributed by atoms with Gasteiger partial charge in [0.1, 0.15) is 12.0 Å². The minimum Gasteiger partial charge on any atom is -0.507 e. The maximum Gasteiger partial charge on any atom is 0.142 e. The van der Waals surface area contributed by atoms with Gasteiger partial charge in [0.15, 0.2) is 0 Å². The van der Waals surface area contributed by atoms with Crippen LogP contribution in [0, 0.1) is 0 Å². The number of phenols is 1. The third kappa shape index (κ3) is 2.42. The highest BCUT2D eigenvalue weighted by Gasteiger charge is 2.05. The first kappa shape index (κ1) is 11.1. The Morgan fingerprint density at radius 2 is 1.53 bits per heavy atom. The molecule has 0 saturated heterocycles. The number of phenolic OH excluding ortho intramolecular Hbond substituents is 1. The van der Waals surface area contributed by atoms with Gasteiger partial charge in [0.25, 0.3) is 0 Å². The number of carbonyl (C=O) groups is 1. The van der Waals surface area contributed by atoms with Crippen molar-refractivity contribution in [3.63, 3.8) is 0 Å². The fourth-order valence-corrected chi connectivity index (χ4v) is 1.73. The highest BCUT2D eigenvalue weighted by Crippen LogP contribution is 2.31. The number of aldehydes is 1. The van der Waals surface area contributed by atoms with Crippen molar-refractivity contribution in [2.24, 2.45) is 0 Å². The van der Waals surface area contributed by atoms with Gasteiger partial charge in [0, 0.05) is 5.56 Å². The van der Waals surface area contributed by atoms with Crippen LogP contribution in [0.3, 0.4) is 0 Å². The smallest absolute Gasteiger partial charge is 0.142 e. The second-order valence-electron chi connectivity index (χ2n) is 3.60. The summed E-state index contributed by atoms with van der Waals surface area (Å²) < 4.78 is 0. The van der Waals surface area contributed by atoms with E-state index >= 15 is 0 Å². The Labute approximate surface area is 99.8 Å². The van der Waals surface area contributed by atoms with Gasteiger partial charge in [-0.05, 0) is 23.3 Å². The summed E-state index contributed by atoms with van der Waals surface area (Å²) in [5.74, 6) is 0.236. The molecule has 2 heteroatoms. The summed E-state index contributed by atoms with van der Waals surface area (Å²) in [6.07, 6.45) is 3.91. The van der Waals surface area contributed by atoms with Gasteiger partial charge in [-0.2, -0.15) is 0 Å². The number of hydrogen-bond acceptors (Lipinski definition) is 2. The van der Waals surface area contributed by atoms with Gasteiger partial charge < -0.3 is 5.11 Å². The van der Waals surface area contributed by atoms with Crippen LogP contribution in [0.2, 0.25) is 0 Å². The van der Waals surface area contributed by atoms with E-state index in [0.29, 0.717) is 0 Å². The number of benzene rings is 2. The summed E-state index contributed by atoms with van der Waals surface area (Å²) in [4.78, 5) is 10.4. The van der Waals surface area contributed by atoms with E-state index in [2.05, 4.69) is 0 Å².